The Morgan fingerprint density at radius 1 is 1.67 bits per heavy atom. The number of aliphatic hydroxyl groups is 1. The highest BCUT2D eigenvalue weighted by molar-refractivity contribution is 5.45. The molecule has 15 heavy (non-hydrogen) atoms. The topological polar surface area (TPSA) is 66.1 Å². The number of nitriles is 1. The van der Waals surface area contributed by atoms with Gasteiger partial charge in [0.25, 0.3) is 6.43 Å². The molecule has 6 heteroatoms. The minimum Gasteiger partial charge on any atom is -0.480 e. The lowest BCUT2D eigenvalue weighted by Gasteiger charge is -2.08. The number of nitrogens with zero attached hydrogens (tertiary/aromatic N) is 2. The molecular weight excluding hydrogens is 206 g/mol. The van der Waals surface area contributed by atoms with Crippen molar-refractivity contribution in [2.75, 3.05) is 7.11 Å². The van der Waals surface area contributed by atoms with Crippen molar-refractivity contribution in [2.24, 2.45) is 0 Å². The number of ether oxygens (including phenoxy) is 1. The molecule has 0 amide bonds. The number of pyridine rings is 1. The van der Waals surface area contributed by atoms with Crippen molar-refractivity contribution in [3.63, 3.8) is 0 Å². The third kappa shape index (κ3) is 2.19. The summed E-state index contributed by atoms with van der Waals surface area (Å²) in [7, 11) is 1.22. The van der Waals surface area contributed by atoms with Crippen LogP contribution >= 0.6 is 0 Å². The van der Waals surface area contributed by atoms with Crippen LogP contribution in [0.5, 0.6) is 5.88 Å². The van der Waals surface area contributed by atoms with Gasteiger partial charge in [-0.15, -0.1) is 0 Å². The second-order valence-corrected chi connectivity index (χ2v) is 2.66. The number of methoxy groups -OCH3 is 1. The molecule has 1 aromatic rings. The summed E-state index contributed by atoms with van der Waals surface area (Å²) >= 11 is 0. The van der Waals surface area contributed by atoms with Crippen LogP contribution in [0.15, 0.2) is 6.07 Å². The molecule has 1 N–H and O–H groups in total. The monoisotopic (exact) mass is 214 g/mol. The Balaban J connectivity index is 3.37. The fourth-order valence-corrected chi connectivity index (χ4v) is 1.10. The summed E-state index contributed by atoms with van der Waals surface area (Å²) < 4.78 is 29.4. The van der Waals surface area contributed by atoms with Crippen LogP contribution in [-0.4, -0.2) is 17.2 Å². The minimum absolute atomic E-state index is 0.0237. The van der Waals surface area contributed by atoms with Gasteiger partial charge in [0, 0.05) is 5.56 Å². The Labute approximate surface area is 84.7 Å². The van der Waals surface area contributed by atoms with E-state index in [0.717, 1.165) is 6.07 Å². The number of halogens is 2. The Morgan fingerprint density at radius 2 is 2.33 bits per heavy atom. The Hall–Kier alpha value is -1.74. The van der Waals surface area contributed by atoms with Crippen molar-refractivity contribution in [1.29, 1.82) is 5.26 Å². The Morgan fingerprint density at radius 3 is 2.73 bits per heavy atom. The van der Waals surface area contributed by atoms with Crippen LogP contribution in [0.1, 0.15) is 23.2 Å². The van der Waals surface area contributed by atoms with E-state index in [-0.39, 0.29) is 17.0 Å². The van der Waals surface area contributed by atoms with Gasteiger partial charge in [-0.25, -0.2) is 13.8 Å². The minimum atomic E-state index is -2.77. The number of rotatable bonds is 3. The second kappa shape index (κ2) is 4.66. The molecule has 1 aromatic heterocycles. The number of hydrogen-bond donors (Lipinski definition) is 1. The normalized spacial score (nSPS) is 10.1. The quantitative estimate of drug-likeness (QED) is 0.825. The van der Waals surface area contributed by atoms with E-state index in [1.807, 2.05) is 0 Å². The van der Waals surface area contributed by atoms with Crippen molar-refractivity contribution in [2.45, 2.75) is 13.0 Å². The molecule has 0 aromatic carbocycles. The first-order valence-electron chi connectivity index (χ1n) is 4.01. The molecule has 80 valence electrons. The lowest BCUT2D eigenvalue weighted by atomic mass is 10.1. The highest BCUT2D eigenvalue weighted by atomic mass is 19.3. The fourth-order valence-electron chi connectivity index (χ4n) is 1.10. The number of aliphatic hydroxyl groups excluding tert-OH is 1. The summed E-state index contributed by atoms with van der Waals surface area (Å²) in [5.74, 6) is -0.195. The highest BCUT2D eigenvalue weighted by Gasteiger charge is 2.17. The zero-order valence-corrected chi connectivity index (χ0v) is 7.87. The third-order valence-corrected chi connectivity index (χ3v) is 1.79. The molecule has 0 aliphatic carbocycles. The van der Waals surface area contributed by atoms with Gasteiger partial charge in [-0.1, -0.05) is 0 Å². The average Bonchev–Trinajstić information content (AvgIpc) is 2.26. The maximum Gasteiger partial charge on any atom is 0.280 e. The van der Waals surface area contributed by atoms with Crippen LogP contribution in [0.25, 0.3) is 0 Å². The SMILES string of the molecule is COc1nc(C(F)F)cc(CO)c1C#N. The molecular formula is C9H8F2N2O2. The van der Waals surface area contributed by atoms with Gasteiger partial charge in [0.05, 0.1) is 13.7 Å². The molecule has 0 saturated carbocycles. The number of alkyl halides is 2. The largest absolute Gasteiger partial charge is 0.480 e. The summed E-state index contributed by atoms with van der Waals surface area (Å²) in [6.07, 6.45) is -2.77. The number of aromatic nitrogens is 1. The van der Waals surface area contributed by atoms with E-state index >= 15 is 0 Å². The van der Waals surface area contributed by atoms with Crippen molar-refractivity contribution >= 4 is 0 Å². The van der Waals surface area contributed by atoms with Gasteiger partial charge in [-0.3, -0.25) is 0 Å². The van der Waals surface area contributed by atoms with Crippen LogP contribution in [0.3, 0.4) is 0 Å². The molecule has 0 atom stereocenters. The predicted octanol–water partition coefficient (Wildman–Crippen LogP) is 1.39. The van der Waals surface area contributed by atoms with Gasteiger partial charge < -0.3 is 9.84 Å². The van der Waals surface area contributed by atoms with Crippen LogP contribution < -0.4 is 4.74 Å². The Kier molecular flexibility index (Phi) is 3.52. The maximum absolute atomic E-state index is 12.4. The first-order chi connectivity index (χ1) is 7.13. The lowest BCUT2D eigenvalue weighted by Crippen LogP contribution is -2.02. The molecule has 0 spiro atoms. The zero-order valence-electron chi connectivity index (χ0n) is 7.87. The average molecular weight is 214 g/mol. The third-order valence-electron chi connectivity index (χ3n) is 1.79. The first-order valence-corrected chi connectivity index (χ1v) is 4.01. The molecule has 0 aliphatic rings. The van der Waals surface area contributed by atoms with E-state index in [9.17, 15) is 8.78 Å². The first kappa shape index (κ1) is 11.3. The smallest absolute Gasteiger partial charge is 0.280 e. The molecule has 0 radical (unpaired) electrons. The van der Waals surface area contributed by atoms with E-state index in [2.05, 4.69) is 4.98 Å². The van der Waals surface area contributed by atoms with Crippen molar-refractivity contribution in [1.82, 2.24) is 4.98 Å². The molecule has 0 unspecified atom stereocenters. The molecule has 1 rings (SSSR count). The fraction of sp³-hybridized carbons (Fsp3) is 0.333. The number of hydrogen-bond acceptors (Lipinski definition) is 4. The second-order valence-electron chi connectivity index (χ2n) is 2.66. The molecule has 0 saturated heterocycles. The van der Waals surface area contributed by atoms with Crippen LogP contribution in [-0.2, 0) is 6.61 Å². The summed E-state index contributed by atoms with van der Waals surface area (Å²) in [6, 6.07) is 2.73. The van der Waals surface area contributed by atoms with Gasteiger partial charge in [0.2, 0.25) is 5.88 Å². The molecule has 1 heterocycles. The van der Waals surface area contributed by atoms with Gasteiger partial charge in [-0.05, 0) is 6.07 Å². The maximum atomic E-state index is 12.4. The molecule has 4 nitrogen and oxygen atoms in total. The Bertz CT molecular complexity index is 377. The van der Waals surface area contributed by atoms with Crippen LogP contribution in [0, 0.1) is 11.3 Å². The van der Waals surface area contributed by atoms with Gasteiger partial charge in [-0.2, -0.15) is 5.26 Å². The van der Waals surface area contributed by atoms with Crippen molar-refractivity contribution in [3.8, 4) is 11.9 Å². The van der Waals surface area contributed by atoms with Gasteiger partial charge >= 0.3 is 0 Å². The lowest BCUT2D eigenvalue weighted by molar-refractivity contribution is 0.144. The predicted molar refractivity (Wildman–Crippen MR) is 46.4 cm³/mol. The highest BCUT2D eigenvalue weighted by Crippen LogP contribution is 2.25. The van der Waals surface area contributed by atoms with Gasteiger partial charge in [0.1, 0.15) is 17.3 Å². The standard InChI is InChI=1S/C9H8F2N2O2/c1-15-9-6(3-12)5(4-14)2-7(13-9)8(10)11/h2,8,14H,4H2,1H3. The van der Waals surface area contributed by atoms with Crippen molar-refractivity contribution in [3.05, 3.63) is 22.9 Å². The van der Waals surface area contributed by atoms with E-state index in [0.29, 0.717) is 0 Å². The van der Waals surface area contributed by atoms with Crippen LogP contribution in [0.4, 0.5) is 8.78 Å². The molecule has 0 fully saturated rings. The zero-order chi connectivity index (χ0) is 11.4. The van der Waals surface area contributed by atoms with E-state index in [1.165, 1.54) is 7.11 Å². The van der Waals surface area contributed by atoms with E-state index in [1.54, 1.807) is 6.07 Å². The summed E-state index contributed by atoms with van der Waals surface area (Å²) in [5.41, 5.74) is -0.459. The summed E-state index contributed by atoms with van der Waals surface area (Å²) in [6.45, 7) is -0.512. The van der Waals surface area contributed by atoms with Crippen molar-refractivity contribution < 1.29 is 18.6 Å². The van der Waals surface area contributed by atoms with E-state index in [4.69, 9.17) is 15.1 Å². The summed E-state index contributed by atoms with van der Waals surface area (Å²) in [5, 5.41) is 17.6. The summed E-state index contributed by atoms with van der Waals surface area (Å²) in [4.78, 5) is 3.46. The van der Waals surface area contributed by atoms with Crippen LogP contribution in [0.2, 0.25) is 0 Å². The molecule has 0 aliphatic heterocycles. The van der Waals surface area contributed by atoms with E-state index < -0.39 is 18.7 Å². The van der Waals surface area contributed by atoms with Gasteiger partial charge in [0.15, 0.2) is 0 Å². The molecule has 0 bridgehead atoms.